The smallest absolute Gasteiger partial charge is 0.227 e. The Kier molecular flexibility index (Phi) is 6.43. The molecule has 0 radical (unpaired) electrons. The molecule has 0 bridgehead atoms. The number of phenols is 1. The molecule has 3 aromatic rings. The number of rotatable bonds is 6. The minimum Gasteiger partial charge on any atom is -0.508 e. The summed E-state index contributed by atoms with van der Waals surface area (Å²) in [4.78, 5) is 7.57. The van der Waals surface area contributed by atoms with Crippen LogP contribution in [0.15, 0.2) is 36.4 Å². The van der Waals surface area contributed by atoms with E-state index < -0.39 is 0 Å². The molecule has 1 saturated carbocycles. The summed E-state index contributed by atoms with van der Waals surface area (Å²) in [5.41, 5.74) is 4.26. The van der Waals surface area contributed by atoms with Crippen molar-refractivity contribution in [1.82, 2.24) is 4.98 Å². The van der Waals surface area contributed by atoms with Crippen molar-refractivity contribution < 1.29 is 14.9 Å². The average Bonchev–Trinajstić information content (AvgIpc) is 3.50. The Morgan fingerprint density at radius 3 is 2.47 bits per heavy atom. The van der Waals surface area contributed by atoms with Gasteiger partial charge in [-0.15, -0.1) is 0 Å². The van der Waals surface area contributed by atoms with Gasteiger partial charge in [0.1, 0.15) is 11.5 Å². The van der Waals surface area contributed by atoms with Gasteiger partial charge in [-0.1, -0.05) is 49.7 Å². The van der Waals surface area contributed by atoms with Gasteiger partial charge in [0.2, 0.25) is 5.88 Å². The Labute approximate surface area is 206 Å². The largest absolute Gasteiger partial charge is 0.508 e. The first kappa shape index (κ1) is 23.0. The molecule has 2 fully saturated rings. The SMILES string of the molecule is COc1cc(Cc2sc(N3CCCC3)nc2O)cc(-c2ccc(O)c(C3(C)CCCCC3)c2)c1. The molecule has 180 valence electrons. The van der Waals surface area contributed by atoms with Crippen LogP contribution < -0.4 is 9.64 Å². The van der Waals surface area contributed by atoms with E-state index in [2.05, 4.69) is 28.9 Å². The second-order valence-corrected chi connectivity index (χ2v) is 11.1. The topological polar surface area (TPSA) is 65.8 Å². The standard InChI is InChI=1S/C28H34N2O3S/c1-28(10-4-3-5-11-28)23-18-20(8-9-24(23)31)21-14-19(15-22(17-21)33-2)16-25-26(32)29-27(34-25)30-12-6-7-13-30/h8-9,14-15,17-18,31-32H,3-7,10-13,16H2,1-2H3. The second kappa shape index (κ2) is 9.49. The maximum Gasteiger partial charge on any atom is 0.227 e. The molecule has 5 rings (SSSR count). The van der Waals surface area contributed by atoms with E-state index in [1.807, 2.05) is 24.3 Å². The number of anilines is 1. The van der Waals surface area contributed by atoms with Crippen LogP contribution in [-0.2, 0) is 11.8 Å². The third-order valence-corrected chi connectivity index (χ3v) is 8.65. The number of hydrogen-bond donors (Lipinski definition) is 2. The summed E-state index contributed by atoms with van der Waals surface area (Å²) in [6.45, 7) is 4.31. The van der Waals surface area contributed by atoms with Crippen molar-refractivity contribution in [2.75, 3.05) is 25.1 Å². The van der Waals surface area contributed by atoms with Crippen LogP contribution in [0.5, 0.6) is 17.4 Å². The molecular formula is C28H34N2O3S. The molecule has 1 saturated heterocycles. The third-order valence-electron chi connectivity index (χ3n) is 7.55. The molecule has 34 heavy (non-hydrogen) atoms. The van der Waals surface area contributed by atoms with Crippen molar-refractivity contribution in [2.45, 2.75) is 63.7 Å². The highest BCUT2D eigenvalue weighted by Gasteiger charge is 2.31. The molecule has 2 aliphatic rings. The quantitative estimate of drug-likeness (QED) is 0.416. The first-order chi connectivity index (χ1) is 16.4. The van der Waals surface area contributed by atoms with E-state index in [4.69, 9.17) is 4.74 Å². The van der Waals surface area contributed by atoms with Crippen LogP contribution >= 0.6 is 11.3 Å². The normalized spacial score (nSPS) is 17.8. The van der Waals surface area contributed by atoms with Gasteiger partial charge in [-0.25, -0.2) is 0 Å². The van der Waals surface area contributed by atoms with Crippen molar-refractivity contribution in [3.05, 3.63) is 52.4 Å². The number of nitrogens with zero attached hydrogens (tertiary/aromatic N) is 2. The maximum absolute atomic E-state index is 10.7. The molecule has 2 aromatic carbocycles. The maximum atomic E-state index is 10.7. The van der Waals surface area contributed by atoms with Crippen LogP contribution in [0.4, 0.5) is 5.13 Å². The number of ether oxygens (including phenoxy) is 1. The Hall–Kier alpha value is -2.73. The summed E-state index contributed by atoms with van der Waals surface area (Å²) in [6, 6.07) is 12.2. The molecule has 0 spiro atoms. The molecule has 5 nitrogen and oxygen atoms in total. The zero-order valence-electron chi connectivity index (χ0n) is 20.1. The molecule has 2 heterocycles. The number of aromatic hydroxyl groups is 2. The highest BCUT2D eigenvalue weighted by atomic mass is 32.1. The van der Waals surface area contributed by atoms with E-state index in [0.717, 1.165) is 63.9 Å². The minimum absolute atomic E-state index is 0.0143. The lowest BCUT2D eigenvalue weighted by atomic mass is 9.70. The van der Waals surface area contributed by atoms with Crippen LogP contribution in [0.25, 0.3) is 11.1 Å². The fourth-order valence-electron chi connectivity index (χ4n) is 5.52. The lowest BCUT2D eigenvalue weighted by Gasteiger charge is -2.35. The Balaban J connectivity index is 1.47. The lowest BCUT2D eigenvalue weighted by Crippen LogP contribution is -2.25. The molecular weight excluding hydrogens is 444 g/mol. The van der Waals surface area contributed by atoms with Crippen LogP contribution in [0.3, 0.4) is 0 Å². The monoisotopic (exact) mass is 478 g/mol. The molecule has 1 aliphatic heterocycles. The van der Waals surface area contributed by atoms with E-state index >= 15 is 0 Å². The summed E-state index contributed by atoms with van der Waals surface area (Å²) in [5.74, 6) is 1.31. The van der Waals surface area contributed by atoms with Crippen molar-refractivity contribution >= 4 is 16.5 Å². The third kappa shape index (κ3) is 4.61. The number of benzene rings is 2. The highest BCUT2D eigenvalue weighted by Crippen LogP contribution is 2.44. The Morgan fingerprint density at radius 2 is 1.74 bits per heavy atom. The van der Waals surface area contributed by atoms with Crippen molar-refractivity contribution in [1.29, 1.82) is 0 Å². The fraction of sp³-hybridized carbons (Fsp3) is 0.464. The van der Waals surface area contributed by atoms with Gasteiger partial charge in [-0.2, -0.15) is 4.98 Å². The first-order valence-electron chi connectivity index (χ1n) is 12.4. The fourth-order valence-corrected chi connectivity index (χ4v) is 6.56. The Bertz CT molecular complexity index is 1160. The van der Waals surface area contributed by atoms with Crippen molar-refractivity contribution in [2.24, 2.45) is 0 Å². The predicted molar refractivity (Wildman–Crippen MR) is 139 cm³/mol. The van der Waals surface area contributed by atoms with Gasteiger partial charge in [0.05, 0.1) is 12.0 Å². The average molecular weight is 479 g/mol. The van der Waals surface area contributed by atoms with Gasteiger partial charge in [0.25, 0.3) is 0 Å². The van der Waals surface area contributed by atoms with Gasteiger partial charge in [0, 0.05) is 25.1 Å². The minimum atomic E-state index is 0.0143. The van der Waals surface area contributed by atoms with Gasteiger partial charge in [-0.3, -0.25) is 0 Å². The van der Waals surface area contributed by atoms with E-state index in [0.29, 0.717) is 12.2 Å². The predicted octanol–water partition coefficient (Wildman–Crippen LogP) is 6.64. The van der Waals surface area contributed by atoms with Crippen molar-refractivity contribution in [3.63, 3.8) is 0 Å². The van der Waals surface area contributed by atoms with Crippen LogP contribution in [0.2, 0.25) is 0 Å². The summed E-state index contributed by atoms with van der Waals surface area (Å²) in [5, 5.41) is 22.1. The number of methoxy groups -OCH3 is 1. The van der Waals surface area contributed by atoms with E-state index in [1.54, 1.807) is 18.4 Å². The first-order valence-corrected chi connectivity index (χ1v) is 13.2. The van der Waals surface area contributed by atoms with E-state index in [9.17, 15) is 10.2 Å². The van der Waals surface area contributed by atoms with Crippen molar-refractivity contribution in [3.8, 4) is 28.5 Å². The van der Waals surface area contributed by atoms with Gasteiger partial charge >= 0.3 is 0 Å². The highest BCUT2D eigenvalue weighted by molar-refractivity contribution is 7.15. The van der Waals surface area contributed by atoms with Crippen LogP contribution in [-0.4, -0.2) is 35.4 Å². The van der Waals surface area contributed by atoms with Gasteiger partial charge in [-0.05, 0) is 72.1 Å². The van der Waals surface area contributed by atoms with E-state index in [-0.39, 0.29) is 11.3 Å². The number of aromatic nitrogens is 1. The molecule has 0 unspecified atom stereocenters. The molecule has 0 atom stereocenters. The zero-order chi connectivity index (χ0) is 23.7. The second-order valence-electron chi connectivity index (χ2n) is 10.0. The number of hydrogen-bond acceptors (Lipinski definition) is 6. The summed E-state index contributed by atoms with van der Waals surface area (Å²) in [7, 11) is 1.68. The summed E-state index contributed by atoms with van der Waals surface area (Å²) >= 11 is 1.58. The zero-order valence-corrected chi connectivity index (χ0v) is 21.0. The van der Waals surface area contributed by atoms with Gasteiger partial charge < -0.3 is 19.8 Å². The molecule has 1 aliphatic carbocycles. The van der Waals surface area contributed by atoms with Crippen LogP contribution in [0.1, 0.15) is 67.9 Å². The van der Waals surface area contributed by atoms with Crippen LogP contribution in [0, 0.1) is 0 Å². The molecule has 6 heteroatoms. The summed E-state index contributed by atoms with van der Waals surface area (Å²) in [6.07, 6.45) is 8.88. The number of thiazole rings is 1. The molecule has 2 N–H and O–H groups in total. The summed E-state index contributed by atoms with van der Waals surface area (Å²) < 4.78 is 5.63. The number of phenolic OH excluding ortho intramolecular Hbond substituents is 1. The lowest BCUT2D eigenvalue weighted by molar-refractivity contribution is 0.308. The molecule has 1 aromatic heterocycles. The van der Waals surface area contributed by atoms with E-state index in [1.165, 1.54) is 32.1 Å². The van der Waals surface area contributed by atoms with Gasteiger partial charge in [0.15, 0.2) is 5.13 Å². The molecule has 0 amide bonds. The Morgan fingerprint density at radius 1 is 0.971 bits per heavy atom.